The van der Waals surface area contributed by atoms with Crippen molar-refractivity contribution in [2.75, 3.05) is 6.54 Å². The zero-order chi connectivity index (χ0) is 15.0. The molecule has 0 aliphatic rings. The normalized spacial score (nSPS) is 15.4. The monoisotopic (exact) mass is 278 g/mol. The number of benzene rings is 1. The van der Waals surface area contributed by atoms with Crippen molar-refractivity contribution in [2.24, 2.45) is 0 Å². The summed E-state index contributed by atoms with van der Waals surface area (Å²) in [4.78, 5) is 11.9. The van der Waals surface area contributed by atoms with Crippen molar-refractivity contribution < 1.29 is 9.90 Å². The van der Waals surface area contributed by atoms with Gasteiger partial charge >= 0.3 is 0 Å². The standard InChI is InChI=1S/C16H26N2O2/c1-4-8-12(2)18-16(20)13(3)17-11-15(19)14-9-6-5-7-10-14/h5-7,9-10,12-13,15,17,19H,4,8,11H2,1-3H3,(H,18,20). The molecule has 0 heterocycles. The van der Waals surface area contributed by atoms with Crippen LogP contribution in [0.4, 0.5) is 0 Å². The highest BCUT2D eigenvalue weighted by atomic mass is 16.3. The van der Waals surface area contributed by atoms with Gasteiger partial charge in [0.1, 0.15) is 0 Å². The smallest absolute Gasteiger partial charge is 0.237 e. The number of hydrogen-bond acceptors (Lipinski definition) is 3. The van der Waals surface area contributed by atoms with Crippen LogP contribution in [0.1, 0.15) is 45.3 Å². The number of carbonyl (C=O) groups is 1. The van der Waals surface area contributed by atoms with Crippen molar-refractivity contribution in [3.8, 4) is 0 Å². The number of aliphatic hydroxyl groups excluding tert-OH is 1. The number of nitrogens with one attached hydrogen (secondary N) is 2. The maximum absolute atomic E-state index is 11.9. The van der Waals surface area contributed by atoms with Crippen LogP contribution in [0.15, 0.2) is 30.3 Å². The summed E-state index contributed by atoms with van der Waals surface area (Å²) < 4.78 is 0. The van der Waals surface area contributed by atoms with Crippen LogP contribution >= 0.6 is 0 Å². The first-order valence-corrected chi connectivity index (χ1v) is 7.31. The van der Waals surface area contributed by atoms with E-state index in [1.807, 2.05) is 44.2 Å². The van der Waals surface area contributed by atoms with Gasteiger partial charge in [0, 0.05) is 12.6 Å². The molecule has 4 heteroatoms. The van der Waals surface area contributed by atoms with E-state index in [1.165, 1.54) is 0 Å². The molecule has 0 spiro atoms. The molecule has 3 unspecified atom stereocenters. The lowest BCUT2D eigenvalue weighted by atomic mass is 10.1. The summed E-state index contributed by atoms with van der Waals surface area (Å²) in [5, 5.41) is 16.1. The third-order valence-electron chi connectivity index (χ3n) is 3.31. The molecule has 20 heavy (non-hydrogen) atoms. The van der Waals surface area contributed by atoms with Gasteiger partial charge in [-0.05, 0) is 25.8 Å². The molecule has 0 saturated heterocycles. The Bertz CT molecular complexity index is 395. The van der Waals surface area contributed by atoms with E-state index >= 15 is 0 Å². The van der Waals surface area contributed by atoms with Crippen LogP contribution < -0.4 is 10.6 Å². The number of aliphatic hydroxyl groups is 1. The van der Waals surface area contributed by atoms with Gasteiger partial charge in [-0.2, -0.15) is 0 Å². The summed E-state index contributed by atoms with van der Waals surface area (Å²) in [6.07, 6.45) is 1.43. The van der Waals surface area contributed by atoms with Gasteiger partial charge in [0.05, 0.1) is 12.1 Å². The topological polar surface area (TPSA) is 61.4 Å². The minimum absolute atomic E-state index is 0.0220. The lowest BCUT2D eigenvalue weighted by molar-refractivity contribution is -0.123. The van der Waals surface area contributed by atoms with E-state index in [2.05, 4.69) is 17.6 Å². The fourth-order valence-electron chi connectivity index (χ4n) is 2.05. The second-order valence-corrected chi connectivity index (χ2v) is 5.25. The van der Waals surface area contributed by atoms with Gasteiger partial charge in [0.2, 0.25) is 5.91 Å². The summed E-state index contributed by atoms with van der Waals surface area (Å²) >= 11 is 0. The SMILES string of the molecule is CCCC(C)NC(=O)C(C)NCC(O)c1ccccc1. The second-order valence-electron chi connectivity index (χ2n) is 5.25. The zero-order valence-electron chi connectivity index (χ0n) is 12.6. The molecule has 1 aromatic carbocycles. The van der Waals surface area contributed by atoms with Crippen molar-refractivity contribution >= 4 is 5.91 Å². The van der Waals surface area contributed by atoms with E-state index in [1.54, 1.807) is 0 Å². The third-order valence-corrected chi connectivity index (χ3v) is 3.31. The van der Waals surface area contributed by atoms with E-state index < -0.39 is 6.10 Å². The Morgan fingerprint density at radius 2 is 1.90 bits per heavy atom. The molecule has 112 valence electrons. The molecule has 0 fully saturated rings. The predicted molar refractivity (Wildman–Crippen MR) is 81.4 cm³/mol. The summed E-state index contributed by atoms with van der Waals surface area (Å²) in [5.74, 6) is -0.0220. The van der Waals surface area contributed by atoms with Gasteiger partial charge in [-0.15, -0.1) is 0 Å². The Hall–Kier alpha value is -1.39. The van der Waals surface area contributed by atoms with Crippen LogP contribution in [-0.2, 0) is 4.79 Å². The lowest BCUT2D eigenvalue weighted by Crippen LogP contribution is -2.46. The number of carbonyl (C=O) groups excluding carboxylic acids is 1. The van der Waals surface area contributed by atoms with Crippen molar-refractivity contribution in [2.45, 2.75) is 51.8 Å². The first-order valence-electron chi connectivity index (χ1n) is 7.31. The predicted octanol–water partition coefficient (Wildman–Crippen LogP) is 2.00. The van der Waals surface area contributed by atoms with E-state index in [-0.39, 0.29) is 18.0 Å². The summed E-state index contributed by atoms with van der Waals surface area (Å²) in [7, 11) is 0. The number of amides is 1. The minimum atomic E-state index is -0.598. The van der Waals surface area contributed by atoms with Gasteiger partial charge in [-0.3, -0.25) is 4.79 Å². The van der Waals surface area contributed by atoms with Crippen molar-refractivity contribution in [3.05, 3.63) is 35.9 Å². The highest BCUT2D eigenvalue weighted by Gasteiger charge is 2.16. The van der Waals surface area contributed by atoms with Crippen LogP contribution in [-0.4, -0.2) is 29.6 Å². The quantitative estimate of drug-likeness (QED) is 0.681. The zero-order valence-corrected chi connectivity index (χ0v) is 12.6. The van der Waals surface area contributed by atoms with Crippen molar-refractivity contribution in [1.29, 1.82) is 0 Å². The van der Waals surface area contributed by atoms with Crippen LogP contribution in [0.2, 0.25) is 0 Å². The summed E-state index contributed by atoms with van der Waals surface area (Å²) in [5.41, 5.74) is 0.854. The summed E-state index contributed by atoms with van der Waals surface area (Å²) in [6, 6.07) is 9.32. The van der Waals surface area contributed by atoms with Gasteiger partial charge in [0.15, 0.2) is 0 Å². The Balaban J connectivity index is 2.35. The second kappa shape index (κ2) is 8.72. The lowest BCUT2D eigenvalue weighted by Gasteiger charge is -2.19. The van der Waals surface area contributed by atoms with Crippen LogP contribution in [0.25, 0.3) is 0 Å². The summed E-state index contributed by atoms with van der Waals surface area (Å²) in [6.45, 7) is 6.28. The largest absolute Gasteiger partial charge is 0.387 e. The molecule has 3 N–H and O–H groups in total. The van der Waals surface area contributed by atoms with Crippen LogP contribution in [0.5, 0.6) is 0 Å². The van der Waals surface area contributed by atoms with E-state index in [9.17, 15) is 9.90 Å². The molecule has 4 nitrogen and oxygen atoms in total. The molecule has 1 rings (SSSR count). The maximum atomic E-state index is 11.9. The molecule has 0 aliphatic heterocycles. The Labute approximate surface area is 121 Å². The molecule has 0 aromatic heterocycles. The van der Waals surface area contributed by atoms with Crippen molar-refractivity contribution in [1.82, 2.24) is 10.6 Å². The Morgan fingerprint density at radius 1 is 1.25 bits per heavy atom. The van der Waals surface area contributed by atoms with Crippen LogP contribution in [0, 0.1) is 0 Å². The Kier molecular flexibility index (Phi) is 7.26. The third kappa shape index (κ3) is 5.72. The number of hydrogen-bond donors (Lipinski definition) is 3. The molecule has 1 aromatic rings. The maximum Gasteiger partial charge on any atom is 0.237 e. The van der Waals surface area contributed by atoms with E-state index in [4.69, 9.17) is 0 Å². The highest BCUT2D eigenvalue weighted by Crippen LogP contribution is 2.10. The van der Waals surface area contributed by atoms with E-state index in [0.717, 1.165) is 18.4 Å². The molecular weight excluding hydrogens is 252 g/mol. The van der Waals surface area contributed by atoms with Crippen molar-refractivity contribution in [3.63, 3.8) is 0 Å². The first kappa shape index (κ1) is 16.7. The number of rotatable bonds is 8. The highest BCUT2D eigenvalue weighted by molar-refractivity contribution is 5.81. The molecule has 0 aliphatic carbocycles. The Morgan fingerprint density at radius 3 is 2.50 bits per heavy atom. The van der Waals surface area contributed by atoms with Gasteiger partial charge in [-0.1, -0.05) is 43.7 Å². The molecule has 0 radical (unpaired) electrons. The van der Waals surface area contributed by atoms with Crippen LogP contribution in [0.3, 0.4) is 0 Å². The molecule has 3 atom stereocenters. The van der Waals surface area contributed by atoms with E-state index in [0.29, 0.717) is 6.54 Å². The molecule has 0 saturated carbocycles. The molecule has 1 amide bonds. The fraction of sp³-hybridized carbons (Fsp3) is 0.562. The average Bonchev–Trinajstić information content (AvgIpc) is 2.45. The average molecular weight is 278 g/mol. The van der Waals surface area contributed by atoms with Gasteiger partial charge in [-0.25, -0.2) is 0 Å². The first-order chi connectivity index (χ1) is 9.54. The minimum Gasteiger partial charge on any atom is -0.387 e. The fourth-order valence-corrected chi connectivity index (χ4v) is 2.05. The van der Waals surface area contributed by atoms with Gasteiger partial charge < -0.3 is 15.7 Å². The van der Waals surface area contributed by atoms with Gasteiger partial charge in [0.25, 0.3) is 0 Å². The molecule has 0 bridgehead atoms. The molecular formula is C16H26N2O2.